The van der Waals surface area contributed by atoms with Crippen LogP contribution in [0.2, 0.25) is 0 Å². The molecular formula is C16H31N7O5S. The van der Waals surface area contributed by atoms with Crippen LogP contribution in [0, 0.1) is 5.92 Å². The third-order valence-electron chi connectivity index (χ3n) is 3.78. The second kappa shape index (κ2) is 13.6. The molecule has 0 saturated carbocycles. The third-order valence-corrected chi connectivity index (χ3v) is 4.18. The van der Waals surface area contributed by atoms with Crippen molar-refractivity contribution in [2.24, 2.45) is 28.1 Å². The lowest BCUT2D eigenvalue weighted by atomic mass is 10.0. The Morgan fingerprint density at radius 3 is 2.21 bits per heavy atom. The van der Waals surface area contributed by atoms with Gasteiger partial charge in [-0.3, -0.25) is 19.4 Å². The SMILES string of the molecule is CC(C)C(NC(=O)C(CCCN=C(N)N)NC(=O)CNC(=O)C(N)CS)C(=O)O. The fourth-order valence-electron chi connectivity index (χ4n) is 2.17. The number of nitrogens with two attached hydrogens (primary N) is 3. The van der Waals surface area contributed by atoms with Gasteiger partial charge in [0.25, 0.3) is 0 Å². The van der Waals surface area contributed by atoms with Crippen LogP contribution in [0.25, 0.3) is 0 Å². The first-order chi connectivity index (χ1) is 13.5. The molecule has 0 aliphatic rings. The summed E-state index contributed by atoms with van der Waals surface area (Å²) in [7, 11) is 0. The minimum atomic E-state index is -1.19. The number of hydrogen-bond acceptors (Lipinski definition) is 7. The minimum absolute atomic E-state index is 0.106. The summed E-state index contributed by atoms with van der Waals surface area (Å²) in [5, 5.41) is 16.4. The maximum absolute atomic E-state index is 12.5. The number of guanidine groups is 1. The molecule has 12 nitrogen and oxygen atoms in total. The standard InChI is InChI=1S/C16H31N7O5S/c1-8(2)12(15(27)28)23-14(26)10(4-3-5-20-16(18)19)22-11(24)6-21-13(25)9(17)7-29/h8-10,12,29H,3-7,17H2,1-2H3,(H,21,25)(H,22,24)(H,23,26)(H,27,28)(H4,18,19,20). The molecule has 166 valence electrons. The molecule has 3 amide bonds. The summed E-state index contributed by atoms with van der Waals surface area (Å²) in [5.74, 6) is -3.41. The Balaban J connectivity index is 5.00. The van der Waals surface area contributed by atoms with Crippen molar-refractivity contribution in [1.82, 2.24) is 16.0 Å². The van der Waals surface area contributed by atoms with Gasteiger partial charge in [0.2, 0.25) is 17.7 Å². The van der Waals surface area contributed by atoms with Gasteiger partial charge in [0.05, 0.1) is 12.6 Å². The minimum Gasteiger partial charge on any atom is -0.480 e. The molecule has 0 saturated heterocycles. The van der Waals surface area contributed by atoms with E-state index in [-0.39, 0.29) is 30.6 Å². The average molecular weight is 434 g/mol. The van der Waals surface area contributed by atoms with Gasteiger partial charge in [0.1, 0.15) is 12.1 Å². The van der Waals surface area contributed by atoms with Crippen molar-refractivity contribution in [2.75, 3.05) is 18.8 Å². The topological polar surface area (TPSA) is 215 Å². The number of nitrogens with one attached hydrogen (secondary N) is 3. The van der Waals surface area contributed by atoms with E-state index >= 15 is 0 Å². The monoisotopic (exact) mass is 433 g/mol. The lowest BCUT2D eigenvalue weighted by molar-refractivity contribution is -0.143. The summed E-state index contributed by atoms with van der Waals surface area (Å²) < 4.78 is 0. The molecule has 3 unspecified atom stereocenters. The van der Waals surface area contributed by atoms with Crippen molar-refractivity contribution in [1.29, 1.82) is 0 Å². The maximum Gasteiger partial charge on any atom is 0.326 e. The van der Waals surface area contributed by atoms with E-state index in [1.165, 1.54) is 0 Å². The van der Waals surface area contributed by atoms with Gasteiger partial charge in [-0.2, -0.15) is 12.6 Å². The molecule has 0 fully saturated rings. The molecule has 0 radical (unpaired) electrons. The molecule has 3 atom stereocenters. The number of amides is 3. The molecule has 0 aromatic rings. The first kappa shape index (κ1) is 26.5. The van der Waals surface area contributed by atoms with E-state index in [0.717, 1.165) is 0 Å². The van der Waals surface area contributed by atoms with Crippen molar-refractivity contribution >= 4 is 42.3 Å². The Kier molecular flexibility index (Phi) is 12.4. The molecule has 0 spiro atoms. The largest absolute Gasteiger partial charge is 0.480 e. The van der Waals surface area contributed by atoms with Crippen molar-refractivity contribution in [3.8, 4) is 0 Å². The molecule has 0 heterocycles. The number of carboxylic acid groups (broad SMARTS) is 1. The third kappa shape index (κ3) is 11.1. The zero-order chi connectivity index (χ0) is 22.6. The number of nitrogens with zero attached hydrogens (tertiary/aromatic N) is 1. The summed E-state index contributed by atoms with van der Waals surface area (Å²) in [6, 6.07) is -3.02. The fraction of sp³-hybridized carbons (Fsp3) is 0.688. The van der Waals surface area contributed by atoms with Gasteiger partial charge >= 0.3 is 5.97 Å². The highest BCUT2D eigenvalue weighted by Crippen LogP contribution is 2.05. The first-order valence-electron chi connectivity index (χ1n) is 9.01. The van der Waals surface area contributed by atoms with Crippen LogP contribution in [0.4, 0.5) is 0 Å². The van der Waals surface area contributed by atoms with Crippen LogP contribution in [0.1, 0.15) is 26.7 Å². The van der Waals surface area contributed by atoms with E-state index in [4.69, 9.17) is 17.2 Å². The summed E-state index contributed by atoms with van der Waals surface area (Å²) in [6.07, 6.45) is 0.509. The quantitative estimate of drug-likeness (QED) is 0.0651. The molecular weight excluding hydrogens is 402 g/mol. The number of carboxylic acids is 1. The Morgan fingerprint density at radius 1 is 1.10 bits per heavy atom. The number of carbonyl (C=O) groups excluding carboxylic acids is 3. The zero-order valence-corrected chi connectivity index (χ0v) is 17.4. The predicted molar refractivity (Wildman–Crippen MR) is 111 cm³/mol. The smallest absolute Gasteiger partial charge is 0.326 e. The number of aliphatic imine (C=N–C) groups is 1. The number of thiol groups is 1. The van der Waals surface area contributed by atoms with E-state index in [0.29, 0.717) is 6.42 Å². The Bertz CT molecular complexity index is 610. The second-order valence-corrected chi connectivity index (χ2v) is 7.01. The van der Waals surface area contributed by atoms with Gasteiger partial charge in [-0.25, -0.2) is 4.79 Å². The molecule has 10 N–H and O–H groups in total. The maximum atomic E-state index is 12.5. The van der Waals surface area contributed by atoms with Crippen molar-refractivity contribution in [3.05, 3.63) is 0 Å². The van der Waals surface area contributed by atoms with Gasteiger partial charge in [0.15, 0.2) is 5.96 Å². The Morgan fingerprint density at radius 2 is 1.72 bits per heavy atom. The molecule has 0 aliphatic heterocycles. The van der Waals surface area contributed by atoms with E-state index < -0.39 is 48.4 Å². The van der Waals surface area contributed by atoms with E-state index in [1.54, 1.807) is 13.8 Å². The number of hydrogen-bond donors (Lipinski definition) is 8. The van der Waals surface area contributed by atoms with Crippen molar-refractivity contribution in [3.63, 3.8) is 0 Å². The Hall–Kier alpha value is -2.54. The molecule has 0 aromatic heterocycles. The van der Waals surface area contributed by atoms with E-state index in [9.17, 15) is 24.3 Å². The van der Waals surface area contributed by atoms with Crippen LogP contribution in [0.15, 0.2) is 4.99 Å². The lowest BCUT2D eigenvalue weighted by Gasteiger charge is -2.23. The van der Waals surface area contributed by atoms with E-state index in [1.807, 2.05) is 0 Å². The summed E-state index contributed by atoms with van der Waals surface area (Å²) in [5.41, 5.74) is 16.0. The van der Waals surface area contributed by atoms with Gasteiger partial charge in [0, 0.05) is 12.3 Å². The van der Waals surface area contributed by atoms with Crippen LogP contribution in [-0.2, 0) is 19.2 Å². The van der Waals surface area contributed by atoms with Crippen LogP contribution in [-0.4, -0.2) is 71.7 Å². The number of carbonyl (C=O) groups is 4. The van der Waals surface area contributed by atoms with Crippen LogP contribution >= 0.6 is 12.6 Å². The second-order valence-electron chi connectivity index (χ2n) is 6.64. The van der Waals surface area contributed by atoms with Gasteiger partial charge in [-0.1, -0.05) is 13.8 Å². The molecule has 13 heteroatoms. The molecule has 29 heavy (non-hydrogen) atoms. The average Bonchev–Trinajstić information content (AvgIpc) is 2.64. The van der Waals surface area contributed by atoms with Crippen molar-refractivity contribution in [2.45, 2.75) is 44.8 Å². The first-order valence-corrected chi connectivity index (χ1v) is 9.64. The number of rotatable bonds is 13. The summed E-state index contributed by atoms with van der Waals surface area (Å²) in [6.45, 7) is 3.11. The van der Waals surface area contributed by atoms with Crippen LogP contribution in [0.5, 0.6) is 0 Å². The van der Waals surface area contributed by atoms with Gasteiger partial charge < -0.3 is 38.3 Å². The molecule has 0 bridgehead atoms. The highest BCUT2D eigenvalue weighted by molar-refractivity contribution is 7.80. The van der Waals surface area contributed by atoms with Crippen molar-refractivity contribution < 1.29 is 24.3 Å². The lowest BCUT2D eigenvalue weighted by Crippen LogP contribution is -2.54. The normalized spacial score (nSPS) is 13.7. The fourth-order valence-corrected chi connectivity index (χ4v) is 2.33. The molecule has 0 rings (SSSR count). The van der Waals surface area contributed by atoms with E-state index in [2.05, 4.69) is 33.6 Å². The highest BCUT2D eigenvalue weighted by atomic mass is 32.1. The number of aliphatic carboxylic acids is 1. The van der Waals surface area contributed by atoms with Gasteiger partial charge in [-0.15, -0.1) is 0 Å². The predicted octanol–water partition coefficient (Wildman–Crippen LogP) is -2.88. The summed E-state index contributed by atoms with van der Waals surface area (Å²) >= 11 is 3.89. The van der Waals surface area contributed by atoms with Gasteiger partial charge in [-0.05, 0) is 18.8 Å². The zero-order valence-electron chi connectivity index (χ0n) is 16.6. The highest BCUT2D eigenvalue weighted by Gasteiger charge is 2.28. The van der Waals surface area contributed by atoms with Crippen LogP contribution in [0.3, 0.4) is 0 Å². The molecule has 0 aromatic carbocycles. The summed E-state index contributed by atoms with van der Waals surface area (Å²) in [4.78, 5) is 51.4. The van der Waals surface area contributed by atoms with Crippen LogP contribution < -0.4 is 33.2 Å². The molecule has 0 aliphatic carbocycles. The Labute approximate surface area is 174 Å².